The van der Waals surface area contributed by atoms with E-state index in [4.69, 9.17) is 0 Å². The molecular formula is C20H19N3O3. The lowest BCUT2D eigenvalue weighted by Crippen LogP contribution is -2.31. The number of benzene rings is 1. The number of pyridine rings is 1. The fraction of sp³-hybridized carbons (Fsp3) is 0.250. The van der Waals surface area contributed by atoms with Crippen molar-refractivity contribution >= 4 is 22.8 Å². The Kier molecular flexibility index (Phi) is 4.75. The van der Waals surface area contributed by atoms with Gasteiger partial charge < -0.3 is 0 Å². The predicted molar refractivity (Wildman–Crippen MR) is 99.9 cm³/mol. The van der Waals surface area contributed by atoms with Gasteiger partial charge in [0.05, 0.1) is 10.8 Å². The molecule has 132 valence electrons. The van der Waals surface area contributed by atoms with Crippen LogP contribution in [-0.2, 0) is 4.79 Å². The van der Waals surface area contributed by atoms with Crippen LogP contribution >= 0.6 is 0 Å². The van der Waals surface area contributed by atoms with Crippen LogP contribution in [0.5, 0.6) is 0 Å². The van der Waals surface area contributed by atoms with Crippen molar-refractivity contribution in [3.05, 3.63) is 75.7 Å². The highest BCUT2D eigenvalue weighted by molar-refractivity contribution is 6.08. The number of carbonyl (C=O) groups is 1. The number of nitrogens with zero attached hydrogens (tertiary/aromatic N) is 3. The summed E-state index contributed by atoms with van der Waals surface area (Å²) in [5.41, 5.74) is 4.00. The molecule has 0 saturated heterocycles. The highest BCUT2D eigenvalue weighted by atomic mass is 16.6. The molecule has 2 heterocycles. The molecule has 1 aliphatic rings. The van der Waals surface area contributed by atoms with Crippen LogP contribution in [0.3, 0.4) is 0 Å². The van der Waals surface area contributed by atoms with Gasteiger partial charge in [0, 0.05) is 41.9 Å². The summed E-state index contributed by atoms with van der Waals surface area (Å²) in [4.78, 5) is 32.0. The lowest BCUT2D eigenvalue weighted by Gasteiger charge is -2.32. The molecule has 1 aromatic heterocycles. The molecule has 0 spiro atoms. The molecule has 1 aliphatic heterocycles. The van der Waals surface area contributed by atoms with Crippen LogP contribution in [0.2, 0.25) is 0 Å². The van der Waals surface area contributed by atoms with E-state index < -0.39 is 10.8 Å². The average molecular weight is 349 g/mol. The van der Waals surface area contributed by atoms with E-state index in [2.05, 4.69) is 9.98 Å². The summed E-state index contributed by atoms with van der Waals surface area (Å²) in [5, 5.41) is 11.2. The highest BCUT2D eigenvalue weighted by Crippen LogP contribution is 2.44. The minimum atomic E-state index is -0.462. The topological polar surface area (TPSA) is 85.5 Å². The van der Waals surface area contributed by atoms with Crippen LogP contribution in [0.25, 0.3) is 5.57 Å². The Labute approximate surface area is 151 Å². The minimum absolute atomic E-state index is 0.00755. The van der Waals surface area contributed by atoms with Gasteiger partial charge in [0.1, 0.15) is 5.78 Å². The number of nitro groups is 1. The van der Waals surface area contributed by atoms with Gasteiger partial charge in [-0.3, -0.25) is 24.9 Å². The first-order chi connectivity index (χ1) is 12.4. The molecule has 6 nitrogen and oxygen atoms in total. The molecule has 0 N–H and O–H groups in total. The fourth-order valence-electron chi connectivity index (χ4n) is 3.66. The Morgan fingerprint density at radius 2 is 1.96 bits per heavy atom. The Morgan fingerprint density at radius 1 is 1.19 bits per heavy atom. The van der Waals surface area contributed by atoms with E-state index in [1.54, 1.807) is 24.5 Å². The van der Waals surface area contributed by atoms with Gasteiger partial charge in [-0.1, -0.05) is 18.2 Å². The molecule has 2 atom stereocenters. The molecule has 26 heavy (non-hydrogen) atoms. The van der Waals surface area contributed by atoms with E-state index in [-0.39, 0.29) is 17.4 Å². The quantitative estimate of drug-likeness (QED) is 0.612. The Bertz CT molecular complexity index is 932. The first-order valence-corrected chi connectivity index (χ1v) is 8.31. The number of hydrogen-bond donors (Lipinski definition) is 0. The van der Waals surface area contributed by atoms with Gasteiger partial charge in [-0.05, 0) is 43.5 Å². The number of allylic oxidation sites excluding steroid dienone is 2. The van der Waals surface area contributed by atoms with Gasteiger partial charge in [0.25, 0.3) is 5.69 Å². The number of aromatic nitrogens is 1. The SMILES string of the molecule is CC(=O)C1C(C)=NC(C)=C(c2cccnc2)C1c1cccc([N+](=O)[O-])c1. The molecule has 0 fully saturated rings. The first kappa shape index (κ1) is 17.7. The van der Waals surface area contributed by atoms with Gasteiger partial charge >= 0.3 is 0 Å². The average Bonchev–Trinajstić information content (AvgIpc) is 2.61. The van der Waals surface area contributed by atoms with Crippen LogP contribution in [0.4, 0.5) is 5.69 Å². The second-order valence-corrected chi connectivity index (χ2v) is 6.41. The normalized spacial score (nSPS) is 19.9. The van der Waals surface area contributed by atoms with Gasteiger partial charge in [-0.15, -0.1) is 0 Å². The van der Waals surface area contributed by atoms with E-state index >= 15 is 0 Å². The number of aliphatic imine (C=N–C) groups is 1. The number of rotatable bonds is 4. The number of carbonyl (C=O) groups excluding carboxylic acids is 1. The number of Topliss-reactive ketones (excluding diaryl/α,β-unsaturated/α-hetero) is 1. The van der Waals surface area contributed by atoms with E-state index in [1.807, 2.05) is 32.0 Å². The van der Waals surface area contributed by atoms with Crippen molar-refractivity contribution in [1.29, 1.82) is 0 Å². The molecule has 6 heteroatoms. The van der Waals surface area contributed by atoms with E-state index in [0.29, 0.717) is 0 Å². The summed E-state index contributed by atoms with van der Waals surface area (Å²) in [6.07, 6.45) is 3.41. The maximum absolute atomic E-state index is 12.4. The Morgan fingerprint density at radius 3 is 2.58 bits per heavy atom. The highest BCUT2D eigenvalue weighted by Gasteiger charge is 2.37. The minimum Gasteiger partial charge on any atom is -0.299 e. The number of hydrogen-bond acceptors (Lipinski definition) is 5. The van der Waals surface area contributed by atoms with Gasteiger partial charge in [-0.25, -0.2) is 0 Å². The van der Waals surface area contributed by atoms with Crippen LogP contribution in [0.15, 0.2) is 59.5 Å². The maximum Gasteiger partial charge on any atom is 0.269 e. The van der Waals surface area contributed by atoms with Crippen molar-refractivity contribution in [2.24, 2.45) is 10.9 Å². The van der Waals surface area contributed by atoms with E-state index in [9.17, 15) is 14.9 Å². The Balaban J connectivity index is 2.25. The fourth-order valence-corrected chi connectivity index (χ4v) is 3.66. The second-order valence-electron chi connectivity index (χ2n) is 6.41. The van der Waals surface area contributed by atoms with E-state index in [1.165, 1.54) is 13.0 Å². The van der Waals surface area contributed by atoms with Crippen LogP contribution in [0, 0.1) is 16.0 Å². The summed E-state index contributed by atoms with van der Waals surface area (Å²) in [6.45, 7) is 5.27. The lowest BCUT2D eigenvalue weighted by molar-refractivity contribution is -0.384. The molecule has 2 aromatic rings. The summed E-state index contributed by atoms with van der Waals surface area (Å²) in [6, 6.07) is 10.2. The summed E-state index contributed by atoms with van der Waals surface area (Å²) in [7, 11) is 0. The molecule has 1 aromatic carbocycles. The van der Waals surface area contributed by atoms with Crippen molar-refractivity contribution in [2.75, 3.05) is 0 Å². The molecule has 0 aliphatic carbocycles. The summed E-state index contributed by atoms with van der Waals surface area (Å²) < 4.78 is 0. The Hall–Kier alpha value is -3.15. The molecule has 3 rings (SSSR count). The zero-order chi connectivity index (χ0) is 18.8. The van der Waals surface area contributed by atoms with Crippen molar-refractivity contribution in [3.8, 4) is 0 Å². The number of non-ortho nitro benzene ring substituents is 1. The van der Waals surface area contributed by atoms with Crippen LogP contribution in [0.1, 0.15) is 37.8 Å². The first-order valence-electron chi connectivity index (χ1n) is 8.31. The van der Waals surface area contributed by atoms with Gasteiger partial charge in [-0.2, -0.15) is 0 Å². The third kappa shape index (κ3) is 3.18. The molecule has 0 radical (unpaired) electrons. The summed E-state index contributed by atoms with van der Waals surface area (Å²) in [5.74, 6) is -0.818. The maximum atomic E-state index is 12.4. The van der Waals surface area contributed by atoms with Crippen molar-refractivity contribution in [1.82, 2.24) is 4.98 Å². The monoisotopic (exact) mass is 349 g/mol. The van der Waals surface area contributed by atoms with E-state index in [0.717, 1.165) is 28.1 Å². The van der Waals surface area contributed by atoms with Crippen molar-refractivity contribution < 1.29 is 9.72 Å². The molecule has 0 saturated carbocycles. The predicted octanol–water partition coefficient (Wildman–Crippen LogP) is 4.18. The standard InChI is InChI=1S/C20H19N3O3/c1-12-18(14(3)24)20(15-6-4-8-17(10-15)23(25)26)19(13(2)22-12)16-7-5-9-21-11-16/h4-11,18,20H,1-3H3. The second kappa shape index (κ2) is 7.00. The van der Waals surface area contributed by atoms with Crippen LogP contribution < -0.4 is 0 Å². The number of ketones is 1. The van der Waals surface area contributed by atoms with Crippen molar-refractivity contribution in [2.45, 2.75) is 26.7 Å². The zero-order valence-electron chi connectivity index (χ0n) is 14.8. The van der Waals surface area contributed by atoms with Gasteiger partial charge in [0.2, 0.25) is 0 Å². The lowest BCUT2D eigenvalue weighted by atomic mass is 9.72. The largest absolute Gasteiger partial charge is 0.299 e. The third-order valence-corrected chi connectivity index (χ3v) is 4.68. The smallest absolute Gasteiger partial charge is 0.269 e. The molecule has 2 unspecified atom stereocenters. The third-order valence-electron chi connectivity index (χ3n) is 4.68. The molecule has 0 amide bonds. The molecule has 0 bridgehead atoms. The molecular weight excluding hydrogens is 330 g/mol. The zero-order valence-corrected chi connectivity index (χ0v) is 14.8. The summed E-state index contributed by atoms with van der Waals surface area (Å²) >= 11 is 0. The number of nitro benzene ring substituents is 1. The van der Waals surface area contributed by atoms with Crippen LogP contribution in [-0.4, -0.2) is 21.4 Å². The van der Waals surface area contributed by atoms with Crippen molar-refractivity contribution in [3.63, 3.8) is 0 Å². The van der Waals surface area contributed by atoms with Gasteiger partial charge in [0.15, 0.2) is 0 Å².